The van der Waals surface area contributed by atoms with Gasteiger partial charge < -0.3 is 17.7 Å². The van der Waals surface area contributed by atoms with Gasteiger partial charge in [0, 0.05) is 33.1 Å². The molecule has 0 N–H and O–H groups in total. The molecule has 0 aromatic heterocycles. The molecule has 0 radical (unpaired) electrons. The fourth-order valence-electron chi connectivity index (χ4n) is 12.0. The van der Waals surface area contributed by atoms with Crippen LogP contribution in [0.5, 0.6) is 23.0 Å². The summed E-state index contributed by atoms with van der Waals surface area (Å²) in [6.45, 7) is 27.7. The molecule has 5 heteroatoms. The minimum absolute atomic E-state index is 0.0554. The minimum Gasteiger partial charge on any atom is -0.451 e. The molecule has 57 heavy (non-hydrogen) atoms. The molecule has 2 aliphatic heterocycles. The van der Waals surface area contributed by atoms with Crippen LogP contribution >= 0.6 is 0 Å². The summed E-state index contributed by atoms with van der Waals surface area (Å²) in [6, 6.07) is 19.2. The van der Waals surface area contributed by atoms with E-state index in [1.807, 2.05) is 0 Å². The molecule has 4 aromatic carbocycles. The first kappa shape index (κ1) is 37.6. The van der Waals surface area contributed by atoms with Crippen molar-refractivity contribution < 1.29 is 17.7 Å². The molecule has 0 saturated heterocycles. The Hall–Kier alpha value is -3.70. The van der Waals surface area contributed by atoms with E-state index in [4.69, 9.17) is 17.7 Å². The van der Waals surface area contributed by atoms with Crippen molar-refractivity contribution in [1.29, 1.82) is 0 Å². The van der Waals surface area contributed by atoms with E-state index < -0.39 is 9.05 Å². The van der Waals surface area contributed by atoms with E-state index in [1.165, 1.54) is 105 Å². The normalized spacial score (nSPS) is 20.6. The second-order valence-corrected chi connectivity index (χ2v) is 24.5. The van der Waals surface area contributed by atoms with Gasteiger partial charge in [-0.3, -0.25) is 0 Å². The second kappa shape index (κ2) is 11.7. The van der Waals surface area contributed by atoms with Crippen LogP contribution in [0.3, 0.4) is 0 Å². The molecule has 2 saturated carbocycles. The Kier molecular flexibility index (Phi) is 7.73. The van der Waals surface area contributed by atoms with E-state index in [1.54, 1.807) is 0 Å². The fourth-order valence-corrected chi connectivity index (χ4v) is 14.1. The Bertz CT molecular complexity index is 2040. The highest BCUT2D eigenvalue weighted by Crippen LogP contribution is 2.67. The molecule has 300 valence electrons. The van der Waals surface area contributed by atoms with Crippen LogP contribution < -0.4 is 17.7 Å². The van der Waals surface area contributed by atoms with Gasteiger partial charge in [0.05, 0.1) is 0 Å². The standard InChI is InChI=1S/C52H64O4Si/c1-47(2,3)35-23-19-31-39-40-32(51(31)27-15-13-16-28-51)20-24-36(48(4,5)6)44(40)54-57(53-43(35)39)55-45-37(49(7,8)9)25-21-33-41(45)42-34(52(33)29-17-14-18-30-52)22-26-38(46(42)56-57)50(10,11)12/h19-26H,13-18,27-30H2,1-12H3. The molecule has 4 nitrogen and oxygen atoms in total. The van der Waals surface area contributed by atoms with Gasteiger partial charge in [-0.2, -0.15) is 0 Å². The molecule has 2 heterocycles. The van der Waals surface area contributed by atoms with Crippen LogP contribution in [0.2, 0.25) is 0 Å². The zero-order chi connectivity index (χ0) is 40.3. The molecular weight excluding hydrogens is 717 g/mol. The Morgan fingerprint density at radius 3 is 0.789 bits per heavy atom. The lowest BCUT2D eigenvalue weighted by Gasteiger charge is -2.39. The first-order valence-electron chi connectivity index (χ1n) is 22.2. The van der Waals surface area contributed by atoms with Gasteiger partial charge in [-0.05, 0) is 91.9 Å². The Morgan fingerprint density at radius 2 is 0.579 bits per heavy atom. The van der Waals surface area contributed by atoms with Crippen LogP contribution in [0.1, 0.15) is 192 Å². The highest BCUT2D eigenvalue weighted by atomic mass is 28.4. The van der Waals surface area contributed by atoms with Crippen molar-refractivity contribution in [2.45, 2.75) is 180 Å². The van der Waals surface area contributed by atoms with E-state index in [9.17, 15) is 0 Å². The van der Waals surface area contributed by atoms with Gasteiger partial charge in [-0.25, -0.2) is 0 Å². The number of rotatable bonds is 0. The van der Waals surface area contributed by atoms with E-state index in [0.29, 0.717) is 0 Å². The van der Waals surface area contributed by atoms with Gasteiger partial charge >= 0.3 is 9.05 Å². The van der Waals surface area contributed by atoms with Crippen molar-refractivity contribution in [3.63, 3.8) is 0 Å². The zero-order valence-electron chi connectivity index (χ0n) is 36.8. The third kappa shape index (κ3) is 5.15. The molecule has 0 unspecified atom stereocenters. The SMILES string of the molecule is CC(C)(C)c1ccc2c3c1O[Si]1(Oc4c(C(C)(C)C)ccc(c4-3)C23CCCCC3)Oc2c(C(C)(C)C)ccc3c2-c2c(ccc(C(C)(C)C)c2O1)C31CCCCC1. The van der Waals surface area contributed by atoms with Crippen molar-refractivity contribution in [2.24, 2.45) is 0 Å². The number of benzene rings is 4. The predicted molar refractivity (Wildman–Crippen MR) is 235 cm³/mol. The molecule has 4 aliphatic carbocycles. The lowest BCUT2D eigenvalue weighted by molar-refractivity contribution is 0.161. The summed E-state index contributed by atoms with van der Waals surface area (Å²) in [5, 5.41) is 0. The van der Waals surface area contributed by atoms with Crippen LogP contribution in [0.4, 0.5) is 0 Å². The monoisotopic (exact) mass is 780 g/mol. The third-order valence-corrected chi connectivity index (χ3v) is 16.6. The topological polar surface area (TPSA) is 36.9 Å². The zero-order valence-corrected chi connectivity index (χ0v) is 37.8. The average molecular weight is 781 g/mol. The van der Waals surface area contributed by atoms with Gasteiger partial charge in [0.1, 0.15) is 23.0 Å². The Labute approximate surface area is 343 Å². The number of hydrogen-bond acceptors (Lipinski definition) is 4. The number of hydrogen-bond donors (Lipinski definition) is 0. The summed E-state index contributed by atoms with van der Waals surface area (Å²) >= 11 is 0. The summed E-state index contributed by atoms with van der Waals surface area (Å²) in [4.78, 5) is 0. The summed E-state index contributed by atoms with van der Waals surface area (Å²) in [6.07, 6.45) is 12.0. The Balaban J connectivity index is 1.33. The van der Waals surface area contributed by atoms with Crippen molar-refractivity contribution in [3.05, 3.63) is 93.0 Å². The van der Waals surface area contributed by atoms with E-state index in [-0.39, 0.29) is 32.5 Å². The van der Waals surface area contributed by atoms with Crippen molar-refractivity contribution >= 4 is 9.05 Å². The minimum atomic E-state index is -4.23. The quantitative estimate of drug-likeness (QED) is 0.167. The molecule has 0 bridgehead atoms. The van der Waals surface area contributed by atoms with E-state index >= 15 is 0 Å². The lowest BCUT2D eigenvalue weighted by atomic mass is 9.67. The molecule has 10 rings (SSSR count). The van der Waals surface area contributed by atoms with Crippen LogP contribution in [-0.4, -0.2) is 9.05 Å². The van der Waals surface area contributed by atoms with Crippen LogP contribution in [-0.2, 0) is 32.5 Å². The molecule has 4 aromatic rings. The maximum absolute atomic E-state index is 7.84. The first-order valence-corrected chi connectivity index (χ1v) is 23.8. The first-order chi connectivity index (χ1) is 26.7. The van der Waals surface area contributed by atoms with Crippen molar-refractivity contribution in [1.82, 2.24) is 0 Å². The summed E-state index contributed by atoms with van der Waals surface area (Å²) < 4.78 is 31.4. The maximum Gasteiger partial charge on any atom is 0.966 e. The molecule has 3 spiro atoms. The van der Waals surface area contributed by atoms with Gasteiger partial charge in [0.2, 0.25) is 0 Å². The van der Waals surface area contributed by atoms with E-state index in [0.717, 1.165) is 48.7 Å². The highest BCUT2D eigenvalue weighted by Gasteiger charge is 2.66. The smallest absolute Gasteiger partial charge is 0.451 e. The maximum atomic E-state index is 7.84. The van der Waals surface area contributed by atoms with Crippen LogP contribution in [0, 0.1) is 0 Å². The largest absolute Gasteiger partial charge is 0.966 e. The van der Waals surface area contributed by atoms with Gasteiger partial charge in [-0.1, -0.05) is 170 Å². The number of fused-ring (bicyclic) bond motifs is 4. The highest BCUT2D eigenvalue weighted by molar-refractivity contribution is 6.58. The molecule has 0 amide bonds. The summed E-state index contributed by atoms with van der Waals surface area (Å²) in [5.74, 6) is 3.58. The summed E-state index contributed by atoms with van der Waals surface area (Å²) in [5.41, 5.74) is 14.2. The van der Waals surface area contributed by atoms with Crippen molar-refractivity contribution in [2.75, 3.05) is 0 Å². The van der Waals surface area contributed by atoms with Gasteiger partial charge in [-0.15, -0.1) is 0 Å². The Morgan fingerprint density at radius 1 is 0.351 bits per heavy atom. The molecule has 0 atom stereocenters. The fraction of sp³-hybridized carbons (Fsp3) is 0.538. The van der Waals surface area contributed by atoms with E-state index in [2.05, 4.69) is 132 Å². The predicted octanol–water partition coefficient (Wildman–Crippen LogP) is 14.0. The second-order valence-electron chi connectivity index (χ2n) is 22.7. The van der Waals surface area contributed by atoms with Gasteiger partial charge in [0.25, 0.3) is 0 Å². The third-order valence-electron chi connectivity index (χ3n) is 14.7. The average Bonchev–Trinajstić information content (AvgIpc) is 3.40. The molecule has 2 fully saturated rings. The van der Waals surface area contributed by atoms with Crippen LogP contribution in [0.25, 0.3) is 22.3 Å². The van der Waals surface area contributed by atoms with Crippen LogP contribution in [0.15, 0.2) is 48.5 Å². The lowest BCUT2D eigenvalue weighted by Crippen LogP contribution is -2.61. The van der Waals surface area contributed by atoms with Crippen molar-refractivity contribution in [3.8, 4) is 45.3 Å². The molecule has 6 aliphatic rings. The molecular formula is C52H64O4Si. The summed E-state index contributed by atoms with van der Waals surface area (Å²) in [7, 11) is -4.23. The van der Waals surface area contributed by atoms with Gasteiger partial charge in [0.15, 0.2) is 0 Å².